The molecule has 0 aliphatic rings. The lowest BCUT2D eigenvalue weighted by Crippen LogP contribution is -2.13. The fraction of sp³-hybridized carbons (Fsp3) is 0.417. The number of benzene rings is 1. The van der Waals surface area contributed by atoms with Crippen LogP contribution < -0.4 is 4.90 Å². The van der Waals surface area contributed by atoms with E-state index in [0.29, 0.717) is 12.3 Å². The zero-order chi connectivity index (χ0) is 11.3. The number of anilines is 1. The van der Waals surface area contributed by atoms with Crippen LogP contribution in [0.25, 0.3) is 0 Å². The van der Waals surface area contributed by atoms with E-state index < -0.39 is 0 Å². The second-order valence-electron chi connectivity index (χ2n) is 3.63. The number of para-hydroxylation sites is 1. The fourth-order valence-corrected chi connectivity index (χ4v) is 1.60. The molecular formula is C12H16ClNO. The van der Waals surface area contributed by atoms with Crippen LogP contribution in [-0.2, 0) is 0 Å². The van der Waals surface area contributed by atoms with E-state index in [1.54, 1.807) is 0 Å². The molecule has 0 heterocycles. The van der Waals surface area contributed by atoms with E-state index in [2.05, 4.69) is 0 Å². The van der Waals surface area contributed by atoms with Gasteiger partial charge in [0.05, 0.1) is 0 Å². The van der Waals surface area contributed by atoms with Crippen molar-refractivity contribution in [2.75, 3.05) is 24.9 Å². The molecule has 0 radical (unpaired) electrons. The molecule has 0 saturated carbocycles. The molecule has 0 spiro atoms. The highest BCUT2D eigenvalue weighted by Gasteiger charge is 2.11. The Morgan fingerprint density at radius 2 is 2.00 bits per heavy atom. The van der Waals surface area contributed by atoms with Gasteiger partial charge in [0.2, 0.25) is 0 Å². The minimum absolute atomic E-state index is 0.167. The smallest absolute Gasteiger partial charge is 0.164 e. The normalized spacial score (nSPS) is 10.1. The quantitative estimate of drug-likeness (QED) is 0.567. The van der Waals surface area contributed by atoms with Gasteiger partial charge in [-0.05, 0) is 18.6 Å². The highest BCUT2D eigenvalue weighted by molar-refractivity contribution is 6.18. The highest BCUT2D eigenvalue weighted by atomic mass is 35.5. The molecule has 1 aromatic rings. The van der Waals surface area contributed by atoms with Crippen molar-refractivity contribution < 1.29 is 4.79 Å². The van der Waals surface area contributed by atoms with E-state index in [0.717, 1.165) is 17.7 Å². The highest BCUT2D eigenvalue weighted by Crippen LogP contribution is 2.20. The van der Waals surface area contributed by atoms with Crippen LogP contribution in [0.3, 0.4) is 0 Å². The largest absolute Gasteiger partial charge is 0.377 e. The van der Waals surface area contributed by atoms with Crippen LogP contribution in [0.5, 0.6) is 0 Å². The Morgan fingerprint density at radius 3 is 2.60 bits per heavy atom. The van der Waals surface area contributed by atoms with Gasteiger partial charge in [-0.3, -0.25) is 4.79 Å². The maximum Gasteiger partial charge on any atom is 0.164 e. The van der Waals surface area contributed by atoms with E-state index in [1.807, 2.05) is 43.3 Å². The number of ketones is 1. The Labute approximate surface area is 95.8 Å². The summed E-state index contributed by atoms with van der Waals surface area (Å²) >= 11 is 5.57. The molecule has 0 fully saturated rings. The third-order valence-electron chi connectivity index (χ3n) is 2.22. The van der Waals surface area contributed by atoms with Gasteiger partial charge in [-0.1, -0.05) is 12.1 Å². The molecule has 82 valence electrons. The standard InChI is InChI=1S/C12H16ClNO/c1-14(2)11-7-4-3-6-10(11)12(15)8-5-9-13/h3-4,6-7H,5,8-9H2,1-2H3. The maximum absolute atomic E-state index is 11.8. The van der Waals surface area contributed by atoms with Crippen LogP contribution in [0.4, 0.5) is 5.69 Å². The van der Waals surface area contributed by atoms with Crippen molar-refractivity contribution in [3.8, 4) is 0 Å². The average molecular weight is 226 g/mol. The fourth-order valence-electron chi connectivity index (χ4n) is 1.46. The summed E-state index contributed by atoms with van der Waals surface area (Å²) in [5.74, 6) is 0.704. The van der Waals surface area contributed by atoms with Gasteiger partial charge in [0.15, 0.2) is 5.78 Å². The van der Waals surface area contributed by atoms with Crippen LogP contribution in [0.2, 0.25) is 0 Å². The summed E-state index contributed by atoms with van der Waals surface area (Å²) in [5.41, 5.74) is 1.75. The van der Waals surface area contributed by atoms with Crippen molar-refractivity contribution in [1.82, 2.24) is 0 Å². The Morgan fingerprint density at radius 1 is 1.33 bits per heavy atom. The Balaban J connectivity index is 2.87. The first-order valence-electron chi connectivity index (χ1n) is 5.02. The molecule has 0 unspecified atom stereocenters. The van der Waals surface area contributed by atoms with Gasteiger partial charge >= 0.3 is 0 Å². The molecule has 0 aromatic heterocycles. The zero-order valence-electron chi connectivity index (χ0n) is 9.16. The van der Waals surface area contributed by atoms with Crippen molar-refractivity contribution in [3.63, 3.8) is 0 Å². The van der Waals surface area contributed by atoms with Gasteiger partial charge < -0.3 is 4.90 Å². The lowest BCUT2D eigenvalue weighted by Gasteiger charge is -2.16. The van der Waals surface area contributed by atoms with Crippen LogP contribution in [0.1, 0.15) is 23.2 Å². The van der Waals surface area contributed by atoms with Gasteiger partial charge in [0, 0.05) is 37.6 Å². The summed E-state index contributed by atoms with van der Waals surface area (Å²) in [5, 5.41) is 0. The Kier molecular flexibility index (Phi) is 4.63. The molecule has 0 saturated heterocycles. The number of alkyl halides is 1. The van der Waals surface area contributed by atoms with E-state index >= 15 is 0 Å². The third kappa shape index (κ3) is 3.24. The lowest BCUT2D eigenvalue weighted by molar-refractivity contribution is 0.0982. The molecule has 0 bridgehead atoms. The molecule has 0 N–H and O–H groups in total. The van der Waals surface area contributed by atoms with Crippen molar-refractivity contribution in [2.45, 2.75) is 12.8 Å². The van der Waals surface area contributed by atoms with Crippen molar-refractivity contribution >= 4 is 23.1 Å². The van der Waals surface area contributed by atoms with Gasteiger partial charge in [-0.25, -0.2) is 0 Å². The molecule has 3 heteroatoms. The third-order valence-corrected chi connectivity index (χ3v) is 2.49. The van der Waals surface area contributed by atoms with Crippen molar-refractivity contribution in [1.29, 1.82) is 0 Å². The van der Waals surface area contributed by atoms with Crippen molar-refractivity contribution in [2.24, 2.45) is 0 Å². The van der Waals surface area contributed by atoms with E-state index in [9.17, 15) is 4.79 Å². The number of halogens is 1. The molecule has 2 nitrogen and oxygen atoms in total. The summed E-state index contributed by atoms with van der Waals surface area (Å²) < 4.78 is 0. The second-order valence-corrected chi connectivity index (χ2v) is 4.01. The average Bonchev–Trinajstić information content (AvgIpc) is 2.25. The molecule has 0 aliphatic carbocycles. The van der Waals surface area contributed by atoms with E-state index in [1.165, 1.54) is 0 Å². The number of hydrogen-bond acceptors (Lipinski definition) is 2. The van der Waals surface area contributed by atoms with Gasteiger partial charge in [0.1, 0.15) is 0 Å². The Hall–Kier alpha value is -1.02. The molecular weight excluding hydrogens is 210 g/mol. The number of carbonyl (C=O) groups excluding carboxylic acids is 1. The number of nitrogens with zero attached hydrogens (tertiary/aromatic N) is 1. The first-order valence-corrected chi connectivity index (χ1v) is 5.55. The number of carbonyl (C=O) groups is 1. The maximum atomic E-state index is 11.8. The molecule has 1 aromatic carbocycles. The van der Waals surface area contributed by atoms with Crippen LogP contribution in [-0.4, -0.2) is 25.8 Å². The van der Waals surface area contributed by atoms with Crippen LogP contribution in [0.15, 0.2) is 24.3 Å². The summed E-state index contributed by atoms with van der Waals surface area (Å²) in [7, 11) is 3.88. The first kappa shape index (κ1) is 12.1. The molecule has 0 amide bonds. The monoisotopic (exact) mass is 225 g/mol. The topological polar surface area (TPSA) is 20.3 Å². The van der Waals surface area contributed by atoms with Crippen molar-refractivity contribution in [3.05, 3.63) is 29.8 Å². The number of Topliss-reactive ketones (excluding diaryl/α,β-unsaturated/α-hetero) is 1. The minimum Gasteiger partial charge on any atom is -0.377 e. The van der Waals surface area contributed by atoms with E-state index in [4.69, 9.17) is 11.6 Å². The molecule has 0 aliphatic heterocycles. The molecule has 1 rings (SSSR count). The summed E-state index contributed by atoms with van der Waals surface area (Å²) in [6.07, 6.45) is 1.26. The SMILES string of the molecule is CN(C)c1ccccc1C(=O)CCCCl. The summed E-state index contributed by atoms with van der Waals surface area (Å²) in [6, 6.07) is 7.65. The summed E-state index contributed by atoms with van der Waals surface area (Å²) in [4.78, 5) is 13.8. The predicted octanol–water partition coefficient (Wildman–Crippen LogP) is 2.95. The van der Waals surface area contributed by atoms with Crippen LogP contribution >= 0.6 is 11.6 Å². The number of hydrogen-bond donors (Lipinski definition) is 0. The zero-order valence-corrected chi connectivity index (χ0v) is 9.92. The van der Waals surface area contributed by atoms with Gasteiger partial charge in [0.25, 0.3) is 0 Å². The van der Waals surface area contributed by atoms with E-state index in [-0.39, 0.29) is 5.78 Å². The Bertz CT molecular complexity index is 336. The van der Waals surface area contributed by atoms with Gasteiger partial charge in [-0.15, -0.1) is 11.6 Å². The number of rotatable bonds is 5. The summed E-state index contributed by atoms with van der Waals surface area (Å²) in [6.45, 7) is 0. The predicted molar refractivity (Wildman–Crippen MR) is 65.1 cm³/mol. The molecule has 0 atom stereocenters. The van der Waals surface area contributed by atoms with Gasteiger partial charge in [-0.2, -0.15) is 0 Å². The lowest BCUT2D eigenvalue weighted by atomic mass is 10.0. The minimum atomic E-state index is 0.167. The second kappa shape index (κ2) is 5.76. The van der Waals surface area contributed by atoms with Crippen LogP contribution in [0, 0.1) is 0 Å². The molecule has 15 heavy (non-hydrogen) atoms. The first-order chi connectivity index (χ1) is 7.16.